The van der Waals surface area contributed by atoms with E-state index in [0.29, 0.717) is 16.1 Å². The number of anilines is 2. The van der Waals surface area contributed by atoms with Crippen molar-refractivity contribution < 1.29 is 0 Å². The minimum atomic E-state index is 0.528. The first-order valence-electron chi connectivity index (χ1n) is 6.96. The van der Waals surface area contributed by atoms with Gasteiger partial charge in [-0.15, -0.1) is 0 Å². The summed E-state index contributed by atoms with van der Waals surface area (Å²) in [7, 11) is 0. The van der Waals surface area contributed by atoms with Gasteiger partial charge in [0.05, 0.1) is 0 Å². The molecule has 0 aliphatic carbocycles. The van der Waals surface area contributed by atoms with Crippen LogP contribution in [0.5, 0.6) is 0 Å². The zero-order chi connectivity index (χ0) is 15.2. The molecule has 1 N–H and O–H groups in total. The Hall–Kier alpha value is -1.58. The zero-order valence-corrected chi connectivity index (χ0v) is 13.8. The molecule has 0 unspecified atom stereocenters. The van der Waals surface area contributed by atoms with Crippen molar-refractivity contribution in [3.05, 3.63) is 59.6 Å². The highest BCUT2D eigenvalue weighted by Crippen LogP contribution is 2.27. The highest BCUT2D eigenvalue weighted by molar-refractivity contribution is 7.80. The molecule has 2 aromatic rings. The van der Waals surface area contributed by atoms with E-state index in [0.717, 1.165) is 17.9 Å². The second kappa shape index (κ2) is 7.43. The molecule has 0 bridgehead atoms. The Kier molecular flexibility index (Phi) is 5.59. The average molecular weight is 319 g/mol. The lowest BCUT2D eigenvalue weighted by Gasteiger charge is -2.26. The minimum Gasteiger partial charge on any atom is -0.362 e. The zero-order valence-electron chi connectivity index (χ0n) is 12.2. The minimum absolute atomic E-state index is 0.528. The SMILES string of the molecule is CC(C)CNC(=S)N(c1ccccc1)c1cccc(Cl)c1. The lowest BCUT2D eigenvalue weighted by atomic mass is 10.2. The Morgan fingerprint density at radius 2 is 1.76 bits per heavy atom. The number of rotatable bonds is 4. The van der Waals surface area contributed by atoms with E-state index in [1.54, 1.807) is 0 Å². The normalized spacial score (nSPS) is 10.5. The second-order valence-corrected chi connectivity index (χ2v) is 6.05. The fourth-order valence-electron chi connectivity index (χ4n) is 1.95. The predicted octanol–water partition coefficient (Wildman–Crippen LogP) is 5.01. The van der Waals surface area contributed by atoms with Crippen molar-refractivity contribution in [2.75, 3.05) is 11.4 Å². The van der Waals surface area contributed by atoms with Gasteiger partial charge < -0.3 is 5.32 Å². The van der Waals surface area contributed by atoms with Gasteiger partial charge in [-0.25, -0.2) is 0 Å². The van der Waals surface area contributed by atoms with E-state index < -0.39 is 0 Å². The molecule has 0 aliphatic heterocycles. The summed E-state index contributed by atoms with van der Waals surface area (Å²) in [5, 5.41) is 4.69. The van der Waals surface area contributed by atoms with E-state index in [4.69, 9.17) is 23.8 Å². The van der Waals surface area contributed by atoms with Crippen molar-refractivity contribution in [2.24, 2.45) is 5.92 Å². The van der Waals surface area contributed by atoms with Crippen molar-refractivity contribution in [3.8, 4) is 0 Å². The van der Waals surface area contributed by atoms with Crippen molar-refractivity contribution in [2.45, 2.75) is 13.8 Å². The van der Waals surface area contributed by atoms with Gasteiger partial charge in [0.2, 0.25) is 0 Å². The maximum Gasteiger partial charge on any atom is 0.178 e. The number of thiocarbonyl (C=S) groups is 1. The fourth-order valence-corrected chi connectivity index (χ4v) is 2.43. The first-order valence-corrected chi connectivity index (χ1v) is 7.75. The van der Waals surface area contributed by atoms with Crippen LogP contribution in [0.1, 0.15) is 13.8 Å². The molecule has 0 spiro atoms. The fraction of sp³-hybridized carbons (Fsp3) is 0.235. The summed E-state index contributed by atoms with van der Waals surface area (Å²) in [6, 6.07) is 17.8. The molecule has 0 radical (unpaired) electrons. The third-order valence-corrected chi connectivity index (χ3v) is 3.51. The molecule has 2 nitrogen and oxygen atoms in total. The van der Waals surface area contributed by atoms with Crippen LogP contribution < -0.4 is 10.2 Å². The van der Waals surface area contributed by atoms with Gasteiger partial charge in [0.15, 0.2) is 5.11 Å². The van der Waals surface area contributed by atoms with Gasteiger partial charge in [-0.2, -0.15) is 0 Å². The van der Waals surface area contributed by atoms with Crippen molar-refractivity contribution in [1.82, 2.24) is 5.32 Å². The average Bonchev–Trinajstić information content (AvgIpc) is 2.46. The van der Waals surface area contributed by atoms with Gasteiger partial charge in [0.1, 0.15) is 0 Å². The molecular formula is C17H19ClN2S. The monoisotopic (exact) mass is 318 g/mol. The van der Waals surface area contributed by atoms with Crippen LogP contribution in [0.3, 0.4) is 0 Å². The molecular weight excluding hydrogens is 300 g/mol. The summed E-state index contributed by atoms with van der Waals surface area (Å²) in [5.41, 5.74) is 1.97. The van der Waals surface area contributed by atoms with Crippen LogP contribution in [0, 0.1) is 5.92 Å². The molecule has 0 aromatic heterocycles. The molecule has 0 saturated heterocycles. The molecule has 0 atom stereocenters. The summed E-state index contributed by atoms with van der Waals surface area (Å²) in [6.45, 7) is 5.15. The number of halogens is 1. The summed E-state index contributed by atoms with van der Waals surface area (Å²) in [5.74, 6) is 0.528. The third-order valence-electron chi connectivity index (χ3n) is 2.95. The maximum atomic E-state index is 6.12. The number of benzene rings is 2. The van der Waals surface area contributed by atoms with Gasteiger partial charge in [0, 0.05) is 22.9 Å². The number of hydrogen-bond acceptors (Lipinski definition) is 1. The van der Waals surface area contributed by atoms with Gasteiger partial charge in [-0.1, -0.05) is 49.7 Å². The first kappa shape index (κ1) is 15.8. The number of hydrogen-bond donors (Lipinski definition) is 1. The number of para-hydroxylation sites is 1. The summed E-state index contributed by atoms with van der Waals surface area (Å²) in [4.78, 5) is 2.00. The Labute approximate surface area is 136 Å². The number of nitrogens with one attached hydrogen (secondary N) is 1. The van der Waals surface area contributed by atoms with Gasteiger partial charge in [0.25, 0.3) is 0 Å². The predicted molar refractivity (Wildman–Crippen MR) is 95.5 cm³/mol. The molecule has 0 amide bonds. The van der Waals surface area contributed by atoms with Crippen molar-refractivity contribution >= 4 is 40.3 Å². The molecule has 2 rings (SSSR count). The topological polar surface area (TPSA) is 15.3 Å². The van der Waals surface area contributed by atoms with Gasteiger partial charge in [-0.05, 0) is 48.5 Å². The van der Waals surface area contributed by atoms with Crippen LogP contribution in [-0.4, -0.2) is 11.7 Å². The lowest BCUT2D eigenvalue weighted by molar-refractivity contribution is 0.625. The molecule has 0 heterocycles. The highest BCUT2D eigenvalue weighted by atomic mass is 35.5. The second-order valence-electron chi connectivity index (χ2n) is 5.23. The van der Waals surface area contributed by atoms with Crippen LogP contribution in [0.4, 0.5) is 11.4 Å². The summed E-state index contributed by atoms with van der Waals surface area (Å²) in [6.07, 6.45) is 0. The molecule has 0 fully saturated rings. The first-order chi connectivity index (χ1) is 10.1. The quantitative estimate of drug-likeness (QED) is 0.798. The molecule has 4 heteroatoms. The Bertz CT molecular complexity index is 599. The van der Waals surface area contributed by atoms with Gasteiger partial charge >= 0.3 is 0 Å². The molecule has 0 saturated carbocycles. The van der Waals surface area contributed by atoms with E-state index in [-0.39, 0.29) is 0 Å². The Balaban J connectivity index is 2.33. The highest BCUT2D eigenvalue weighted by Gasteiger charge is 2.14. The lowest BCUT2D eigenvalue weighted by Crippen LogP contribution is -2.38. The Morgan fingerprint density at radius 1 is 1.10 bits per heavy atom. The smallest absolute Gasteiger partial charge is 0.178 e. The largest absolute Gasteiger partial charge is 0.362 e. The van der Waals surface area contributed by atoms with E-state index in [1.165, 1.54) is 0 Å². The molecule has 0 aliphatic rings. The van der Waals surface area contributed by atoms with Crippen molar-refractivity contribution in [3.63, 3.8) is 0 Å². The van der Waals surface area contributed by atoms with Crippen LogP contribution in [0.2, 0.25) is 5.02 Å². The summed E-state index contributed by atoms with van der Waals surface area (Å²) >= 11 is 11.7. The standard InChI is InChI=1S/C17H19ClN2S/c1-13(2)12-19-17(21)20(15-8-4-3-5-9-15)16-10-6-7-14(18)11-16/h3-11,13H,12H2,1-2H3,(H,19,21). The molecule has 110 valence electrons. The summed E-state index contributed by atoms with van der Waals surface area (Å²) < 4.78 is 0. The Morgan fingerprint density at radius 3 is 2.38 bits per heavy atom. The van der Waals surface area contributed by atoms with E-state index in [9.17, 15) is 0 Å². The van der Waals surface area contributed by atoms with E-state index >= 15 is 0 Å². The van der Waals surface area contributed by atoms with Crippen molar-refractivity contribution in [1.29, 1.82) is 0 Å². The maximum absolute atomic E-state index is 6.12. The van der Waals surface area contributed by atoms with Crippen LogP contribution in [0.25, 0.3) is 0 Å². The van der Waals surface area contributed by atoms with Crippen LogP contribution in [0.15, 0.2) is 54.6 Å². The van der Waals surface area contributed by atoms with Gasteiger partial charge in [-0.3, -0.25) is 4.90 Å². The molecule has 2 aromatic carbocycles. The third kappa shape index (κ3) is 4.45. The number of nitrogens with zero attached hydrogens (tertiary/aromatic N) is 1. The van der Waals surface area contributed by atoms with Crippen LogP contribution >= 0.6 is 23.8 Å². The molecule has 21 heavy (non-hydrogen) atoms. The van der Waals surface area contributed by atoms with E-state index in [1.807, 2.05) is 59.5 Å². The van der Waals surface area contributed by atoms with Crippen LogP contribution in [-0.2, 0) is 0 Å². The van der Waals surface area contributed by atoms with E-state index in [2.05, 4.69) is 19.2 Å².